The zero-order valence-electron chi connectivity index (χ0n) is 17.0. The highest BCUT2D eigenvalue weighted by molar-refractivity contribution is 6.33. The topological polar surface area (TPSA) is 114 Å². The molecule has 0 aliphatic rings. The largest absolute Gasteiger partial charge is 0.456 e. The van der Waals surface area contributed by atoms with Gasteiger partial charge in [0, 0.05) is 12.8 Å². The first-order valence-corrected chi connectivity index (χ1v) is 10.1. The van der Waals surface area contributed by atoms with Crippen LogP contribution in [0.2, 0.25) is 5.02 Å². The molecule has 0 fully saturated rings. The minimum absolute atomic E-state index is 0.00482. The first-order valence-electron chi connectivity index (χ1n) is 9.70. The van der Waals surface area contributed by atoms with Crippen molar-refractivity contribution in [3.8, 4) is 0 Å². The number of benzene rings is 2. The first-order chi connectivity index (χ1) is 14.9. The average molecular weight is 446 g/mol. The molecule has 0 saturated carbocycles. The molecule has 1 atom stereocenters. The van der Waals surface area contributed by atoms with Gasteiger partial charge in [0.05, 0.1) is 16.6 Å². The van der Waals surface area contributed by atoms with E-state index in [4.69, 9.17) is 16.3 Å². The fraction of sp³-hybridized carbons (Fsp3) is 0.273. The van der Waals surface area contributed by atoms with Gasteiger partial charge in [-0.05, 0) is 31.0 Å². The Morgan fingerprint density at radius 1 is 0.903 bits per heavy atom. The fourth-order valence-electron chi connectivity index (χ4n) is 2.62. The van der Waals surface area contributed by atoms with Crippen LogP contribution >= 0.6 is 11.6 Å². The molecule has 8 nitrogen and oxygen atoms in total. The Hall–Kier alpha value is -3.39. The Morgan fingerprint density at radius 2 is 1.58 bits per heavy atom. The summed E-state index contributed by atoms with van der Waals surface area (Å²) >= 11 is 5.91. The highest BCUT2D eigenvalue weighted by atomic mass is 35.5. The molecular formula is C22H24ClN3O5. The van der Waals surface area contributed by atoms with Crippen LogP contribution in [0.25, 0.3) is 0 Å². The van der Waals surface area contributed by atoms with Gasteiger partial charge < -0.3 is 10.1 Å². The predicted octanol–water partition coefficient (Wildman–Crippen LogP) is 2.69. The van der Waals surface area contributed by atoms with Gasteiger partial charge in [-0.25, -0.2) is 0 Å². The fourth-order valence-corrected chi connectivity index (χ4v) is 2.84. The van der Waals surface area contributed by atoms with E-state index >= 15 is 0 Å². The molecule has 2 rings (SSSR count). The van der Waals surface area contributed by atoms with Gasteiger partial charge in [-0.3, -0.25) is 30.0 Å². The molecule has 0 aliphatic carbocycles. The van der Waals surface area contributed by atoms with Crippen molar-refractivity contribution in [2.75, 3.05) is 6.61 Å². The second-order valence-corrected chi connectivity index (χ2v) is 7.10. The van der Waals surface area contributed by atoms with Crippen LogP contribution in [0.3, 0.4) is 0 Å². The quantitative estimate of drug-likeness (QED) is 0.405. The van der Waals surface area contributed by atoms with E-state index in [0.29, 0.717) is 0 Å². The number of hydrogen-bond donors (Lipinski definition) is 3. The summed E-state index contributed by atoms with van der Waals surface area (Å²) in [6.07, 6.45) is 0.164. The number of ether oxygens (including phenoxy) is 1. The standard InChI is InChI=1S/C22H24ClN3O5/c1-15(16-8-3-2-4-9-16)24-20(28)14-31-21(29)13-7-12-19(27)25-26-22(30)17-10-5-6-11-18(17)23/h2-6,8-11,15H,7,12-14H2,1H3,(H,24,28)(H,25,27)(H,26,30)/t15-/m0/s1. The van der Waals surface area contributed by atoms with E-state index < -0.39 is 30.3 Å². The van der Waals surface area contributed by atoms with Gasteiger partial charge in [-0.2, -0.15) is 0 Å². The summed E-state index contributed by atoms with van der Waals surface area (Å²) in [7, 11) is 0. The smallest absolute Gasteiger partial charge is 0.306 e. The van der Waals surface area contributed by atoms with Crippen molar-refractivity contribution >= 4 is 35.3 Å². The molecule has 0 bridgehead atoms. The van der Waals surface area contributed by atoms with E-state index in [9.17, 15) is 19.2 Å². The third-order valence-corrected chi connectivity index (χ3v) is 4.59. The third-order valence-electron chi connectivity index (χ3n) is 4.26. The maximum Gasteiger partial charge on any atom is 0.306 e. The molecule has 0 spiro atoms. The summed E-state index contributed by atoms with van der Waals surface area (Å²) in [6.45, 7) is 1.44. The molecule has 2 aromatic carbocycles. The van der Waals surface area contributed by atoms with E-state index in [1.54, 1.807) is 18.2 Å². The lowest BCUT2D eigenvalue weighted by Gasteiger charge is -2.14. The number of amides is 3. The van der Waals surface area contributed by atoms with Gasteiger partial charge in [0.15, 0.2) is 6.61 Å². The van der Waals surface area contributed by atoms with Crippen molar-refractivity contribution in [2.24, 2.45) is 0 Å². The minimum atomic E-state index is -0.588. The predicted molar refractivity (Wildman–Crippen MR) is 115 cm³/mol. The second kappa shape index (κ2) is 12.3. The molecular weight excluding hydrogens is 422 g/mol. The SMILES string of the molecule is C[C@H](NC(=O)COC(=O)CCCC(=O)NNC(=O)c1ccccc1Cl)c1ccccc1. The lowest BCUT2D eigenvalue weighted by molar-refractivity contribution is -0.148. The van der Waals surface area contributed by atoms with Crippen LogP contribution in [-0.2, 0) is 19.1 Å². The van der Waals surface area contributed by atoms with Crippen LogP contribution in [0.4, 0.5) is 0 Å². The lowest BCUT2D eigenvalue weighted by Crippen LogP contribution is -2.41. The second-order valence-electron chi connectivity index (χ2n) is 6.70. The first kappa shape index (κ1) is 23.9. The number of esters is 1. The van der Waals surface area contributed by atoms with E-state index in [1.165, 1.54) is 6.07 Å². The number of halogens is 1. The van der Waals surface area contributed by atoms with Gasteiger partial charge >= 0.3 is 5.97 Å². The van der Waals surface area contributed by atoms with Crippen molar-refractivity contribution in [2.45, 2.75) is 32.2 Å². The number of carbonyl (C=O) groups excluding carboxylic acids is 4. The molecule has 3 amide bonds. The number of hydrazine groups is 1. The zero-order chi connectivity index (χ0) is 22.6. The number of carbonyl (C=O) groups is 4. The molecule has 0 heterocycles. The van der Waals surface area contributed by atoms with E-state index in [0.717, 1.165) is 5.56 Å². The Kier molecular flexibility index (Phi) is 9.51. The van der Waals surface area contributed by atoms with Crippen molar-refractivity contribution in [3.05, 3.63) is 70.7 Å². The molecule has 0 saturated heterocycles. The lowest BCUT2D eigenvalue weighted by atomic mass is 10.1. The minimum Gasteiger partial charge on any atom is -0.456 e. The van der Waals surface area contributed by atoms with Gasteiger partial charge in [-0.1, -0.05) is 54.1 Å². The summed E-state index contributed by atoms with van der Waals surface area (Å²) in [5.74, 6) is -2.02. The number of nitrogens with one attached hydrogen (secondary N) is 3. The molecule has 164 valence electrons. The van der Waals surface area contributed by atoms with Crippen molar-refractivity contribution in [3.63, 3.8) is 0 Å². The van der Waals surface area contributed by atoms with E-state index in [2.05, 4.69) is 16.2 Å². The van der Waals surface area contributed by atoms with E-state index in [-0.39, 0.29) is 35.9 Å². The molecule has 0 aromatic heterocycles. The molecule has 3 N–H and O–H groups in total. The molecule has 2 aromatic rings. The van der Waals surface area contributed by atoms with Crippen LogP contribution in [0.15, 0.2) is 54.6 Å². The molecule has 0 unspecified atom stereocenters. The maximum atomic E-state index is 11.9. The maximum absolute atomic E-state index is 11.9. The van der Waals surface area contributed by atoms with Crippen molar-refractivity contribution in [1.29, 1.82) is 0 Å². The summed E-state index contributed by atoms with van der Waals surface area (Å²) in [5.41, 5.74) is 5.68. The molecule has 0 radical (unpaired) electrons. The number of rotatable bonds is 9. The Morgan fingerprint density at radius 3 is 2.29 bits per heavy atom. The summed E-state index contributed by atoms with van der Waals surface area (Å²) in [5, 5.41) is 3.00. The van der Waals surface area contributed by atoms with Crippen LogP contribution in [-0.4, -0.2) is 30.3 Å². The zero-order valence-corrected chi connectivity index (χ0v) is 17.8. The van der Waals surface area contributed by atoms with Gasteiger partial charge in [0.1, 0.15) is 0 Å². The number of hydrogen-bond acceptors (Lipinski definition) is 5. The monoisotopic (exact) mass is 445 g/mol. The average Bonchev–Trinajstić information content (AvgIpc) is 2.77. The van der Waals surface area contributed by atoms with Crippen LogP contribution in [0.1, 0.15) is 48.1 Å². The van der Waals surface area contributed by atoms with Gasteiger partial charge in [0.25, 0.3) is 11.8 Å². The summed E-state index contributed by atoms with van der Waals surface area (Å²) in [6, 6.07) is 15.6. The van der Waals surface area contributed by atoms with Gasteiger partial charge in [-0.15, -0.1) is 0 Å². The van der Waals surface area contributed by atoms with Crippen LogP contribution in [0, 0.1) is 0 Å². The Balaban J connectivity index is 1.59. The summed E-state index contributed by atoms with van der Waals surface area (Å²) < 4.78 is 4.92. The Bertz CT molecular complexity index is 920. The third kappa shape index (κ3) is 8.47. The van der Waals surface area contributed by atoms with Crippen molar-refractivity contribution < 1.29 is 23.9 Å². The van der Waals surface area contributed by atoms with Crippen LogP contribution < -0.4 is 16.2 Å². The van der Waals surface area contributed by atoms with E-state index in [1.807, 2.05) is 37.3 Å². The molecule has 9 heteroatoms. The molecule has 0 aliphatic heterocycles. The highest BCUT2D eigenvalue weighted by Crippen LogP contribution is 2.14. The van der Waals surface area contributed by atoms with Crippen molar-refractivity contribution in [1.82, 2.24) is 16.2 Å². The van der Waals surface area contributed by atoms with Crippen LogP contribution in [0.5, 0.6) is 0 Å². The Labute approximate surface area is 185 Å². The summed E-state index contributed by atoms with van der Waals surface area (Å²) in [4.78, 5) is 47.4. The van der Waals surface area contributed by atoms with Gasteiger partial charge in [0.2, 0.25) is 5.91 Å². The highest BCUT2D eigenvalue weighted by Gasteiger charge is 2.13. The molecule has 31 heavy (non-hydrogen) atoms. The normalized spacial score (nSPS) is 11.2.